The Bertz CT molecular complexity index is 576. The molecule has 0 aliphatic heterocycles. The number of carbonyl (C=O) groups is 2. The smallest absolute Gasteiger partial charge is 0.251 e. The molecular weight excluding hydrogens is 338 g/mol. The van der Waals surface area contributed by atoms with Gasteiger partial charge in [0.1, 0.15) is 0 Å². The van der Waals surface area contributed by atoms with Crippen molar-refractivity contribution in [1.82, 2.24) is 5.32 Å². The molecule has 0 saturated heterocycles. The molecule has 6 heteroatoms. The third kappa shape index (κ3) is 6.01. The molecule has 0 aliphatic carbocycles. The van der Waals surface area contributed by atoms with Gasteiger partial charge in [-0.3, -0.25) is 9.59 Å². The largest absolute Gasteiger partial charge is 0.352 e. The number of rotatable bonds is 8. The normalized spacial score (nSPS) is 11.0. The highest BCUT2D eigenvalue weighted by molar-refractivity contribution is 5.98. The Morgan fingerprint density at radius 3 is 2.24 bits per heavy atom. The lowest BCUT2D eigenvalue weighted by Gasteiger charge is -2.28. The monoisotopic (exact) mass is 369 g/mol. The minimum atomic E-state index is -0.542. The van der Waals surface area contributed by atoms with Crippen LogP contribution in [-0.2, 0) is 4.79 Å². The summed E-state index contributed by atoms with van der Waals surface area (Å²) in [5.41, 5.74) is 7.47. The number of aryl methyl sites for hydroxylation is 1. The van der Waals surface area contributed by atoms with Crippen molar-refractivity contribution in [2.24, 2.45) is 17.1 Å². The Kier molecular flexibility index (Phi) is 9.75. The van der Waals surface area contributed by atoms with Crippen molar-refractivity contribution < 1.29 is 9.59 Å². The molecule has 0 unspecified atom stereocenters. The van der Waals surface area contributed by atoms with Crippen LogP contribution in [0.1, 0.15) is 56.5 Å². The summed E-state index contributed by atoms with van der Waals surface area (Å²) >= 11 is 0. The van der Waals surface area contributed by atoms with Crippen molar-refractivity contribution in [2.45, 2.75) is 47.5 Å². The van der Waals surface area contributed by atoms with Gasteiger partial charge in [-0.1, -0.05) is 27.7 Å². The SMILES string of the molecule is CCC(CC)(CN)C(=O)Nc1ccc(C(=O)NCC(C)C)cc1C.Cl. The Labute approximate surface area is 157 Å². The van der Waals surface area contributed by atoms with E-state index in [4.69, 9.17) is 5.73 Å². The average molecular weight is 370 g/mol. The fourth-order valence-electron chi connectivity index (χ4n) is 2.55. The Balaban J connectivity index is 0.00000576. The van der Waals surface area contributed by atoms with Crippen LogP contribution >= 0.6 is 12.4 Å². The number of anilines is 1. The predicted octanol–water partition coefficient (Wildman–Crippen LogP) is 3.51. The number of hydrogen-bond acceptors (Lipinski definition) is 3. The fraction of sp³-hybridized carbons (Fsp3) is 0.579. The first-order valence-electron chi connectivity index (χ1n) is 8.70. The minimum Gasteiger partial charge on any atom is -0.352 e. The quantitative estimate of drug-likeness (QED) is 0.655. The summed E-state index contributed by atoms with van der Waals surface area (Å²) < 4.78 is 0. The summed E-state index contributed by atoms with van der Waals surface area (Å²) in [7, 11) is 0. The van der Waals surface area contributed by atoms with E-state index in [1.54, 1.807) is 18.2 Å². The van der Waals surface area contributed by atoms with Gasteiger partial charge in [0.2, 0.25) is 5.91 Å². The van der Waals surface area contributed by atoms with Crippen molar-refractivity contribution >= 4 is 29.9 Å². The third-order valence-corrected chi connectivity index (χ3v) is 4.63. The zero-order valence-electron chi connectivity index (χ0n) is 15.9. The second kappa shape index (κ2) is 10.4. The Morgan fingerprint density at radius 2 is 1.80 bits per heavy atom. The number of benzene rings is 1. The van der Waals surface area contributed by atoms with Crippen LogP contribution in [0.3, 0.4) is 0 Å². The molecule has 0 radical (unpaired) electrons. The number of nitrogens with two attached hydrogens (primary N) is 1. The van der Waals surface area contributed by atoms with Crippen LogP contribution in [0.25, 0.3) is 0 Å². The van der Waals surface area contributed by atoms with Gasteiger partial charge in [0, 0.05) is 24.3 Å². The van der Waals surface area contributed by atoms with E-state index < -0.39 is 5.41 Å². The molecule has 5 nitrogen and oxygen atoms in total. The van der Waals surface area contributed by atoms with Crippen molar-refractivity contribution in [1.29, 1.82) is 0 Å². The highest BCUT2D eigenvalue weighted by atomic mass is 35.5. The van der Waals surface area contributed by atoms with Crippen molar-refractivity contribution in [3.63, 3.8) is 0 Å². The number of nitrogens with one attached hydrogen (secondary N) is 2. The average Bonchev–Trinajstić information content (AvgIpc) is 2.56. The van der Waals surface area contributed by atoms with E-state index in [9.17, 15) is 9.59 Å². The Morgan fingerprint density at radius 1 is 1.20 bits per heavy atom. The van der Waals surface area contributed by atoms with E-state index in [0.29, 0.717) is 37.4 Å². The van der Waals surface area contributed by atoms with Gasteiger partial charge in [0.05, 0.1) is 5.41 Å². The van der Waals surface area contributed by atoms with Gasteiger partial charge in [0.15, 0.2) is 0 Å². The van der Waals surface area contributed by atoms with Gasteiger partial charge in [-0.2, -0.15) is 0 Å². The maximum absolute atomic E-state index is 12.6. The molecule has 0 spiro atoms. The summed E-state index contributed by atoms with van der Waals surface area (Å²) in [6.07, 6.45) is 1.39. The standard InChI is InChI=1S/C19H31N3O2.ClH/c1-6-19(7-2,12-20)18(24)22-16-9-8-15(10-14(16)5)17(23)21-11-13(3)4;/h8-10,13H,6-7,11-12,20H2,1-5H3,(H,21,23)(H,22,24);1H. The van der Waals surface area contributed by atoms with Crippen molar-refractivity contribution in [3.05, 3.63) is 29.3 Å². The number of amides is 2. The Hall–Kier alpha value is -1.59. The highest BCUT2D eigenvalue weighted by Crippen LogP contribution is 2.28. The lowest BCUT2D eigenvalue weighted by Crippen LogP contribution is -2.41. The lowest BCUT2D eigenvalue weighted by molar-refractivity contribution is -0.125. The van der Waals surface area contributed by atoms with Gasteiger partial charge in [-0.15, -0.1) is 12.4 Å². The second-order valence-electron chi connectivity index (χ2n) is 6.78. The summed E-state index contributed by atoms with van der Waals surface area (Å²) in [5.74, 6) is 0.249. The van der Waals surface area contributed by atoms with Gasteiger partial charge >= 0.3 is 0 Å². The molecule has 142 valence electrons. The number of halogens is 1. The van der Waals surface area contributed by atoms with Crippen LogP contribution in [0.4, 0.5) is 5.69 Å². The van der Waals surface area contributed by atoms with Crippen LogP contribution in [0.15, 0.2) is 18.2 Å². The first kappa shape index (κ1) is 23.4. The molecule has 0 aromatic heterocycles. The molecule has 0 saturated carbocycles. The van der Waals surface area contributed by atoms with Gasteiger partial charge in [-0.25, -0.2) is 0 Å². The van der Waals surface area contributed by atoms with Gasteiger partial charge in [-0.05, 0) is 49.4 Å². The summed E-state index contributed by atoms with van der Waals surface area (Å²) in [5, 5.41) is 5.86. The highest BCUT2D eigenvalue weighted by Gasteiger charge is 2.33. The summed E-state index contributed by atoms with van der Waals surface area (Å²) in [6.45, 7) is 10.9. The zero-order valence-corrected chi connectivity index (χ0v) is 16.8. The molecule has 0 bridgehead atoms. The van der Waals surface area contributed by atoms with Crippen molar-refractivity contribution in [2.75, 3.05) is 18.4 Å². The molecular formula is C19H32ClN3O2. The second-order valence-corrected chi connectivity index (χ2v) is 6.78. The van der Waals surface area contributed by atoms with Crippen LogP contribution < -0.4 is 16.4 Å². The minimum absolute atomic E-state index is 0. The van der Waals surface area contributed by atoms with Crippen LogP contribution in [0, 0.1) is 18.3 Å². The third-order valence-electron chi connectivity index (χ3n) is 4.63. The molecule has 1 aromatic rings. The van der Waals surface area contributed by atoms with Crippen molar-refractivity contribution in [3.8, 4) is 0 Å². The van der Waals surface area contributed by atoms with E-state index in [2.05, 4.69) is 24.5 Å². The number of carbonyl (C=O) groups excluding carboxylic acids is 2. The van der Waals surface area contributed by atoms with Crippen LogP contribution in [-0.4, -0.2) is 24.9 Å². The summed E-state index contributed by atoms with van der Waals surface area (Å²) in [4.78, 5) is 24.7. The molecule has 2 amide bonds. The molecule has 0 fully saturated rings. The molecule has 0 heterocycles. The fourth-order valence-corrected chi connectivity index (χ4v) is 2.55. The van der Waals surface area contributed by atoms with Crippen LogP contribution in [0.2, 0.25) is 0 Å². The van der Waals surface area contributed by atoms with E-state index in [-0.39, 0.29) is 24.2 Å². The van der Waals surface area contributed by atoms with Gasteiger partial charge < -0.3 is 16.4 Å². The predicted molar refractivity (Wildman–Crippen MR) is 106 cm³/mol. The maximum Gasteiger partial charge on any atom is 0.251 e. The molecule has 4 N–H and O–H groups in total. The van der Waals surface area contributed by atoms with Crippen LogP contribution in [0.5, 0.6) is 0 Å². The van der Waals surface area contributed by atoms with E-state index in [1.165, 1.54) is 0 Å². The van der Waals surface area contributed by atoms with E-state index >= 15 is 0 Å². The van der Waals surface area contributed by atoms with E-state index in [1.807, 2.05) is 20.8 Å². The molecule has 1 aromatic carbocycles. The van der Waals surface area contributed by atoms with Gasteiger partial charge in [0.25, 0.3) is 5.91 Å². The topological polar surface area (TPSA) is 84.2 Å². The molecule has 0 atom stereocenters. The first-order valence-corrected chi connectivity index (χ1v) is 8.70. The van der Waals surface area contributed by atoms with E-state index in [0.717, 1.165) is 11.3 Å². The number of hydrogen-bond donors (Lipinski definition) is 3. The molecule has 0 aliphatic rings. The zero-order chi connectivity index (χ0) is 18.3. The summed E-state index contributed by atoms with van der Waals surface area (Å²) in [6, 6.07) is 5.32. The lowest BCUT2D eigenvalue weighted by atomic mass is 9.81. The molecule has 25 heavy (non-hydrogen) atoms. The molecule has 1 rings (SSSR count). The first-order chi connectivity index (χ1) is 11.3. The maximum atomic E-state index is 12.6.